The average molecular weight is 415 g/mol. The van der Waals surface area contributed by atoms with Crippen LogP contribution in [0.15, 0.2) is 36.4 Å². The van der Waals surface area contributed by atoms with E-state index in [2.05, 4.69) is 5.32 Å². The van der Waals surface area contributed by atoms with Gasteiger partial charge in [-0.2, -0.15) is 0 Å². The molecule has 0 fully saturated rings. The molecule has 2 aromatic rings. The number of para-hydroxylation sites is 1. The fourth-order valence-corrected chi connectivity index (χ4v) is 2.62. The van der Waals surface area contributed by atoms with E-state index in [1.54, 1.807) is 19.1 Å². The van der Waals surface area contributed by atoms with Crippen molar-refractivity contribution in [1.82, 2.24) is 0 Å². The van der Waals surface area contributed by atoms with E-state index >= 15 is 0 Å². The van der Waals surface area contributed by atoms with Crippen LogP contribution < -0.4 is 14.8 Å². The summed E-state index contributed by atoms with van der Waals surface area (Å²) in [5.74, 6) is -1.98. The van der Waals surface area contributed by atoms with E-state index in [9.17, 15) is 19.2 Å². The molecule has 0 aromatic heterocycles. The Morgan fingerprint density at radius 3 is 2.33 bits per heavy atom. The first-order chi connectivity index (χ1) is 14.5. The van der Waals surface area contributed by atoms with E-state index < -0.39 is 24.5 Å². The van der Waals surface area contributed by atoms with Crippen molar-refractivity contribution in [2.75, 3.05) is 32.8 Å². The highest BCUT2D eigenvalue weighted by molar-refractivity contribution is 6.04. The molecule has 2 aromatic carbocycles. The number of carbonyl (C=O) groups excluding carboxylic acids is 4. The lowest BCUT2D eigenvalue weighted by Gasteiger charge is -2.14. The number of nitrogens with one attached hydrogen (secondary N) is 1. The molecule has 0 spiro atoms. The molecular formula is C21H21NO8. The van der Waals surface area contributed by atoms with Gasteiger partial charge in [-0.25, -0.2) is 9.59 Å². The number of methoxy groups -OCH3 is 2. The molecule has 0 atom stereocenters. The van der Waals surface area contributed by atoms with Gasteiger partial charge in [0.2, 0.25) is 0 Å². The van der Waals surface area contributed by atoms with Crippen molar-refractivity contribution >= 4 is 29.8 Å². The van der Waals surface area contributed by atoms with Crippen molar-refractivity contribution in [1.29, 1.82) is 0 Å². The molecule has 158 valence electrons. The normalized spacial score (nSPS) is 9.97. The summed E-state index contributed by atoms with van der Waals surface area (Å²) < 4.78 is 20.3. The molecule has 30 heavy (non-hydrogen) atoms. The average Bonchev–Trinajstić information content (AvgIpc) is 2.76. The second-order valence-electron chi connectivity index (χ2n) is 5.77. The van der Waals surface area contributed by atoms with Crippen molar-refractivity contribution < 1.29 is 38.1 Å². The maximum atomic E-state index is 12.5. The van der Waals surface area contributed by atoms with Crippen LogP contribution in [0.2, 0.25) is 0 Å². The van der Waals surface area contributed by atoms with Crippen molar-refractivity contribution in [2.24, 2.45) is 0 Å². The largest absolute Gasteiger partial charge is 0.493 e. The highest BCUT2D eigenvalue weighted by Crippen LogP contribution is 2.33. The highest BCUT2D eigenvalue weighted by Gasteiger charge is 2.23. The number of benzene rings is 2. The van der Waals surface area contributed by atoms with Gasteiger partial charge in [0, 0.05) is 5.56 Å². The zero-order chi connectivity index (χ0) is 22.1. The molecule has 0 aliphatic rings. The molecule has 1 amide bonds. The molecule has 0 aliphatic carbocycles. The van der Waals surface area contributed by atoms with Crippen LogP contribution in [0.4, 0.5) is 5.69 Å². The van der Waals surface area contributed by atoms with Crippen molar-refractivity contribution in [3.8, 4) is 11.5 Å². The van der Waals surface area contributed by atoms with Crippen LogP contribution in [0.25, 0.3) is 0 Å². The van der Waals surface area contributed by atoms with E-state index in [-0.39, 0.29) is 40.5 Å². The van der Waals surface area contributed by atoms with Crippen LogP contribution in [0.5, 0.6) is 11.5 Å². The summed E-state index contributed by atoms with van der Waals surface area (Å²) >= 11 is 0. The van der Waals surface area contributed by atoms with Gasteiger partial charge in [-0.05, 0) is 31.2 Å². The first kappa shape index (κ1) is 22.4. The molecule has 0 bridgehead atoms. The van der Waals surface area contributed by atoms with Crippen LogP contribution in [0.1, 0.15) is 38.0 Å². The zero-order valence-electron chi connectivity index (χ0n) is 16.7. The summed E-state index contributed by atoms with van der Waals surface area (Å²) in [5.41, 5.74) is 0.235. The lowest BCUT2D eigenvalue weighted by Crippen LogP contribution is -2.23. The molecular weight excluding hydrogens is 394 g/mol. The number of anilines is 1. The minimum absolute atomic E-state index is 0.0140. The number of hydrogen-bond acceptors (Lipinski definition) is 8. The third-order valence-corrected chi connectivity index (χ3v) is 3.94. The van der Waals surface area contributed by atoms with Crippen molar-refractivity contribution in [3.05, 3.63) is 53.1 Å². The van der Waals surface area contributed by atoms with Crippen LogP contribution in [0, 0.1) is 0 Å². The smallest absolute Gasteiger partial charge is 0.343 e. The maximum Gasteiger partial charge on any atom is 0.343 e. The number of ether oxygens (including phenoxy) is 4. The van der Waals surface area contributed by atoms with Gasteiger partial charge in [0.1, 0.15) is 5.56 Å². The topological polar surface area (TPSA) is 117 Å². The second kappa shape index (κ2) is 10.6. The summed E-state index contributed by atoms with van der Waals surface area (Å²) in [6, 6.07) is 9.11. The lowest BCUT2D eigenvalue weighted by molar-refractivity contribution is -0.119. The Labute approximate surface area is 172 Å². The van der Waals surface area contributed by atoms with Crippen molar-refractivity contribution in [2.45, 2.75) is 6.92 Å². The molecule has 9 heteroatoms. The number of rotatable bonds is 9. The van der Waals surface area contributed by atoms with E-state index in [0.717, 1.165) is 0 Å². The molecule has 9 nitrogen and oxygen atoms in total. The third kappa shape index (κ3) is 5.13. The van der Waals surface area contributed by atoms with E-state index in [4.69, 9.17) is 18.9 Å². The van der Waals surface area contributed by atoms with Crippen LogP contribution in [-0.4, -0.2) is 51.6 Å². The van der Waals surface area contributed by atoms with Gasteiger partial charge in [0.15, 0.2) is 24.4 Å². The predicted octanol–water partition coefficient (Wildman–Crippen LogP) is 2.49. The molecule has 0 radical (unpaired) electrons. The number of carbonyl (C=O) groups is 4. The monoisotopic (exact) mass is 415 g/mol. The Morgan fingerprint density at radius 2 is 1.70 bits per heavy atom. The molecule has 0 unspecified atom stereocenters. The van der Waals surface area contributed by atoms with Gasteiger partial charge in [-0.1, -0.05) is 12.1 Å². The van der Waals surface area contributed by atoms with E-state index in [1.807, 2.05) is 0 Å². The number of esters is 2. The Hall–Kier alpha value is -3.88. The molecule has 2 rings (SSSR count). The highest BCUT2D eigenvalue weighted by atomic mass is 16.5. The van der Waals surface area contributed by atoms with Gasteiger partial charge in [-0.3, -0.25) is 9.59 Å². The minimum atomic E-state index is -0.943. The molecule has 0 saturated heterocycles. The Morgan fingerprint density at radius 1 is 0.967 bits per heavy atom. The molecule has 0 heterocycles. The number of amides is 1. The van der Waals surface area contributed by atoms with Crippen LogP contribution in [-0.2, 0) is 14.3 Å². The number of hydrogen-bond donors (Lipinski definition) is 1. The standard InChI is InChI=1S/C21H21NO8/c1-4-29-20(25)14-7-5-6-8-15(14)22-17(24)12-30-21(26)18-13(11-23)9-10-16(27-2)19(18)28-3/h5-11H,4,12H2,1-3H3,(H,22,24). The molecule has 1 N–H and O–H groups in total. The van der Waals surface area contributed by atoms with Gasteiger partial charge in [-0.15, -0.1) is 0 Å². The summed E-state index contributed by atoms with van der Waals surface area (Å²) in [4.78, 5) is 48.1. The predicted molar refractivity (Wildman–Crippen MR) is 106 cm³/mol. The molecule has 0 saturated carbocycles. The number of aldehydes is 1. The first-order valence-electron chi connectivity index (χ1n) is 8.90. The Kier molecular flexibility index (Phi) is 7.92. The fourth-order valence-electron chi connectivity index (χ4n) is 2.62. The SMILES string of the molecule is CCOC(=O)c1ccccc1NC(=O)COC(=O)c1c(C=O)ccc(OC)c1OC. The molecule has 0 aliphatic heterocycles. The lowest BCUT2D eigenvalue weighted by atomic mass is 10.1. The van der Waals surface area contributed by atoms with Gasteiger partial charge in [0.05, 0.1) is 32.1 Å². The van der Waals surface area contributed by atoms with Crippen LogP contribution >= 0.6 is 0 Å². The first-order valence-corrected chi connectivity index (χ1v) is 8.90. The fraction of sp³-hybridized carbons (Fsp3) is 0.238. The summed E-state index contributed by atoms with van der Waals surface area (Å²) in [5, 5.41) is 2.49. The minimum Gasteiger partial charge on any atom is -0.493 e. The van der Waals surface area contributed by atoms with Crippen LogP contribution in [0.3, 0.4) is 0 Å². The van der Waals surface area contributed by atoms with E-state index in [0.29, 0.717) is 6.29 Å². The second-order valence-corrected chi connectivity index (χ2v) is 5.77. The quantitative estimate of drug-likeness (QED) is 0.490. The van der Waals surface area contributed by atoms with Gasteiger partial charge >= 0.3 is 11.9 Å². The zero-order valence-corrected chi connectivity index (χ0v) is 16.7. The van der Waals surface area contributed by atoms with Crippen molar-refractivity contribution in [3.63, 3.8) is 0 Å². The van der Waals surface area contributed by atoms with Gasteiger partial charge in [0.25, 0.3) is 5.91 Å². The van der Waals surface area contributed by atoms with E-state index in [1.165, 1.54) is 38.5 Å². The van der Waals surface area contributed by atoms with Gasteiger partial charge < -0.3 is 24.3 Å². The summed E-state index contributed by atoms with van der Waals surface area (Å²) in [6.07, 6.45) is 0.466. The Bertz CT molecular complexity index is 954. The third-order valence-electron chi connectivity index (χ3n) is 3.94. The summed E-state index contributed by atoms with van der Waals surface area (Å²) in [7, 11) is 2.68. The Balaban J connectivity index is 2.14. The maximum absolute atomic E-state index is 12.5. The summed E-state index contributed by atoms with van der Waals surface area (Å²) in [6.45, 7) is 1.19.